The Hall–Kier alpha value is -0.0800. The first-order valence-electron chi connectivity index (χ1n) is 3.30. The average Bonchev–Trinajstić information content (AvgIpc) is 1.68. The first kappa shape index (κ1) is 7.92. The molecule has 0 aliphatic heterocycles. The predicted octanol–water partition coefficient (Wildman–Crippen LogP) is 0.820. The summed E-state index contributed by atoms with van der Waals surface area (Å²) in [5.41, 5.74) is 0. The van der Waals surface area contributed by atoms with Crippen molar-refractivity contribution in [3.05, 3.63) is 0 Å². The van der Waals surface area contributed by atoms with E-state index in [1.807, 2.05) is 5.01 Å². The van der Waals surface area contributed by atoms with E-state index in [1.165, 1.54) is 0 Å². The Morgan fingerprint density at radius 1 is 1.12 bits per heavy atom. The van der Waals surface area contributed by atoms with Crippen molar-refractivity contribution < 1.29 is 0 Å². The molecule has 2 heteroatoms. The molecule has 2 N–H and O–H groups in total. The average molecular weight is 116 g/mol. The van der Waals surface area contributed by atoms with Gasteiger partial charge in [0, 0.05) is 12.8 Å². The highest BCUT2D eigenvalue weighted by atomic mass is 15.4. The lowest BCUT2D eigenvalue weighted by atomic mass is 10.4. The van der Waals surface area contributed by atoms with Gasteiger partial charge in [0.05, 0.1) is 0 Å². The minimum Gasteiger partial charge on any atom is -0.131 e. The SMILES string of the molecule is CCC[N+](N)CCC. The summed E-state index contributed by atoms with van der Waals surface area (Å²) >= 11 is 0. The minimum absolute atomic E-state index is 1.02. The zero-order chi connectivity index (χ0) is 6.41. The van der Waals surface area contributed by atoms with Crippen molar-refractivity contribution in [1.29, 1.82) is 0 Å². The van der Waals surface area contributed by atoms with E-state index >= 15 is 0 Å². The van der Waals surface area contributed by atoms with Gasteiger partial charge in [-0.25, -0.2) is 0 Å². The first-order chi connectivity index (χ1) is 3.81. The third-order valence-electron chi connectivity index (χ3n) is 1.02. The Balaban J connectivity index is 2.92. The van der Waals surface area contributed by atoms with E-state index in [9.17, 15) is 0 Å². The van der Waals surface area contributed by atoms with E-state index in [0.29, 0.717) is 0 Å². The van der Waals surface area contributed by atoms with Gasteiger partial charge in [0.25, 0.3) is 0 Å². The maximum atomic E-state index is 5.53. The Kier molecular flexibility index (Phi) is 5.01. The van der Waals surface area contributed by atoms with Crippen LogP contribution < -0.4 is 10.9 Å². The molecule has 49 valence electrons. The molecule has 0 aliphatic rings. The molecule has 0 aromatic carbocycles. The smallest absolute Gasteiger partial charge is 0.131 e. The minimum atomic E-state index is 1.02. The van der Waals surface area contributed by atoms with Crippen LogP contribution in [0.3, 0.4) is 0 Å². The highest BCUT2D eigenvalue weighted by molar-refractivity contribution is 4.49. The van der Waals surface area contributed by atoms with Gasteiger partial charge in [0.2, 0.25) is 0 Å². The van der Waals surface area contributed by atoms with Crippen LogP contribution in [0.5, 0.6) is 0 Å². The van der Waals surface area contributed by atoms with Gasteiger partial charge in [-0.05, 0) is 0 Å². The van der Waals surface area contributed by atoms with E-state index < -0.39 is 0 Å². The highest BCUT2D eigenvalue weighted by Crippen LogP contribution is 1.80. The van der Waals surface area contributed by atoms with Crippen molar-refractivity contribution in [3.8, 4) is 0 Å². The summed E-state index contributed by atoms with van der Waals surface area (Å²) in [6.45, 7) is 6.31. The molecular weight excluding hydrogens is 100 g/mol. The molecule has 0 saturated heterocycles. The zero-order valence-corrected chi connectivity index (χ0v) is 5.85. The second-order valence-electron chi connectivity index (χ2n) is 2.04. The van der Waals surface area contributed by atoms with Crippen LogP contribution in [0, 0.1) is 0 Å². The summed E-state index contributed by atoms with van der Waals surface area (Å²) in [4.78, 5) is 0. The molecule has 0 rings (SSSR count). The van der Waals surface area contributed by atoms with Crippen molar-refractivity contribution in [2.24, 2.45) is 5.84 Å². The van der Waals surface area contributed by atoms with E-state index in [-0.39, 0.29) is 0 Å². The maximum Gasteiger partial charge on any atom is 0.144 e. The van der Waals surface area contributed by atoms with E-state index in [1.54, 1.807) is 0 Å². The highest BCUT2D eigenvalue weighted by Gasteiger charge is 2.02. The molecule has 0 fully saturated rings. The van der Waals surface area contributed by atoms with Crippen molar-refractivity contribution in [2.75, 3.05) is 13.1 Å². The predicted molar refractivity (Wildman–Crippen MR) is 36.6 cm³/mol. The molecule has 0 aromatic rings. The lowest BCUT2D eigenvalue weighted by Crippen LogP contribution is -2.38. The summed E-state index contributed by atoms with van der Waals surface area (Å²) in [7, 11) is 0. The van der Waals surface area contributed by atoms with Gasteiger partial charge in [-0.3, -0.25) is 0 Å². The molecule has 0 amide bonds. The Morgan fingerprint density at radius 3 is 1.75 bits per heavy atom. The first-order valence-corrected chi connectivity index (χ1v) is 3.30. The number of nitrogens with two attached hydrogens (primary N) is 1. The van der Waals surface area contributed by atoms with Crippen molar-refractivity contribution >= 4 is 0 Å². The molecule has 0 aromatic heterocycles. The van der Waals surface area contributed by atoms with Gasteiger partial charge in [0.1, 0.15) is 13.1 Å². The number of rotatable bonds is 4. The Labute approximate surface area is 51.6 Å². The fourth-order valence-electron chi connectivity index (χ4n) is 0.686. The molecule has 0 saturated carbocycles. The number of nitrogens with zero attached hydrogens (tertiary/aromatic N) is 1. The fraction of sp³-hybridized carbons (Fsp3) is 1.00. The third kappa shape index (κ3) is 4.09. The fourth-order valence-corrected chi connectivity index (χ4v) is 0.686. The molecule has 2 nitrogen and oxygen atoms in total. The van der Waals surface area contributed by atoms with Gasteiger partial charge in [-0.2, -0.15) is 0 Å². The number of hydrogen-bond donors (Lipinski definition) is 1. The normalized spacial score (nSPS) is 10.5. The molecule has 0 unspecified atom stereocenters. The summed E-state index contributed by atoms with van der Waals surface area (Å²) in [5, 5.41) is 1.86. The van der Waals surface area contributed by atoms with Gasteiger partial charge < -0.3 is 0 Å². The maximum absolute atomic E-state index is 5.53. The van der Waals surface area contributed by atoms with Gasteiger partial charge in [0.15, 0.2) is 0 Å². The van der Waals surface area contributed by atoms with E-state index in [4.69, 9.17) is 5.84 Å². The molecule has 0 bridgehead atoms. The summed E-state index contributed by atoms with van der Waals surface area (Å²) in [6, 6.07) is 0. The quantitative estimate of drug-likeness (QED) is 0.329. The van der Waals surface area contributed by atoms with Gasteiger partial charge in [-0.1, -0.05) is 18.9 Å². The summed E-state index contributed by atoms with van der Waals surface area (Å²) < 4.78 is 0. The van der Waals surface area contributed by atoms with Crippen molar-refractivity contribution in [3.63, 3.8) is 0 Å². The second kappa shape index (κ2) is 5.06. The van der Waals surface area contributed by atoms with Crippen LogP contribution in [-0.4, -0.2) is 13.1 Å². The summed E-state index contributed by atoms with van der Waals surface area (Å²) in [5.74, 6) is 5.53. The lowest BCUT2D eigenvalue weighted by molar-refractivity contribution is 0.421. The molecule has 0 heterocycles. The van der Waals surface area contributed by atoms with Crippen LogP contribution in [0.1, 0.15) is 26.7 Å². The number of hydrogen-bond acceptors (Lipinski definition) is 2. The van der Waals surface area contributed by atoms with Crippen LogP contribution >= 0.6 is 0 Å². The van der Waals surface area contributed by atoms with Crippen LogP contribution in [0.25, 0.3) is 0 Å². The summed E-state index contributed by atoms with van der Waals surface area (Å²) in [6.07, 6.45) is 2.30. The van der Waals surface area contributed by atoms with Crippen molar-refractivity contribution in [1.82, 2.24) is 5.01 Å². The molecule has 0 spiro atoms. The topological polar surface area (TPSA) is 31.9 Å². The van der Waals surface area contributed by atoms with Gasteiger partial charge in [-0.15, -0.1) is 5.84 Å². The molecular formula is C6H16N2+. The van der Waals surface area contributed by atoms with E-state index in [2.05, 4.69) is 13.8 Å². The zero-order valence-electron chi connectivity index (χ0n) is 5.85. The van der Waals surface area contributed by atoms with Crippen LogP contribution in [0.15, 0.2) is 0 Å². The lowest BCUT2D eigenvalue weighted by Gasteiger charge is -1.99. The molecule has 0 aliphatic carbocycles. The standard InChI is InChI=1S/C6H16N2/c1-3-5-8(7)6-4-2/h3-7H2,1-2H3/q+1. The van der Waals surface area contributed by atoms with Crippen LogP contribution in [0.2, 0.25) is 0 Å². The third-order valence-corrected chi connectivity index (χ3v) is 1.02. The number of hydrazine groups is 1. The van der Waals surface area contributed by atoms with Crippen molar-refractivity contribution in [2.45, 2.75) is 26.7 Å². The molecule has 8 heavy (non-hydrogen) atoms. The monoisotopic (exact) mass is 116 g/mol. The Morgan fingerprint density at radius 2 is 1.50 bits per heavy atom. The molecule has 1 radical (unpaired) electrons. The van der Waals surface area contributed by atoms with Crippen LogP contribution in [0.4, 0.5) is 0 Å². The molecule has 0 atom stereocenters. The van der Waals surface area contributed by atoms with Crippen LogP contribution in [-0.2, 0) is 0 Å². The largest absolute Gasteiger partial charge is 0.144 e. The van der Waals surface area contributed by atoms with E-state index in [0.717, 1.165) is 25.9 Å². The second-order valence-corrected chi connectivity index (χ2v) is 2.04. The Bertz CT molecular complexity index is 39.8. The van der Waals surface area contributed by atoms with Gasteiger partial charge >= 0.3 is 0 Å².